The molecule has 0 radical (unpaired) electrons. The quantitative estimate of drug-likeness (QED) is 0.465. The summed E-state index contributed by atoms with van der Waals surface area (Å²) in [5.74, 6) is 0. The summed E-state index contributed by atoms with van der Waals surface area (Å²) in [6.07, 6.45) is 1.01. The van der Waals surface area contributed by atoms with Crippen LogP contribution in [0.15, 0.2) is 11.6 Å². The maximum Gasteiger partial charge on any atom is 0.129 e. The number of hydrogen-bond acceptors (Lipinski definition) is 5. The number of allylic oxidation sites excluding steroid dienone is 1. The fourth-order valence-electron chi connectivity index (χ4n) is 5.06. The van der Waals surface area contributed by atoms with Crippen LogP contribution in [-0.4, -0.2) is 58.6 Å². The fourth-order valence-corrected chi connectivity index (χ4v) is 5.06. The van der Waals surface area contributed by atoms with Gasteiger partial charge in [0.1, 0.15) is 17.8 Å². The first-order valence-electron chi connectivity index (χ1n) is 7.37. The van der Waals surface area contributed by atoms with E-state index in [0.29, 0.717) is 6.61 Å². The Labute approximate surface area is 118 Å². The zero-order valence-electron chi connectivity index (χ0n) is 11.9. The van der Waals surface area contributed by atoms with Crippen molar-refractivity contribution in [1.82, 2.24) is 0 Å². The largest absolute Gasteiger partial charge is 0.396 e. The van der Waals surface area contributed by atoms with Crippen molar-refractivity contribution in [2.24, 2.45) is 10.8 Å². The van der Waals surface area contributed by atoms with Crippen molar-refractivity contribution in [1.29, 1.82) is 0 Å². The molecule has 2 heterocycles. The van der Waals surface area contributed by atoms with E-state index in [1.807, 2.05) is 13.0 Å². The lowest BCUT2D eigenvalue weighted by Crippen LogP contribution is -2.66. The Bertz CT molecular complexity index is 485. The van der Waals surface area contributed by atoms with Gasteiger partial charge in [-0.15, -0.1) is 0 Å². The van der Waals surface area contributed by atoms with E-state index in [1.165, 1.54) is 5.57 Å². The van der Waals surface area contributed by atoms with E-state index < -0.39 is 34.7 Å². The highest BCUT2D eigenvalue weighted by Gasteiger charge is 2.84. The highest BCUT2D eigenvalue weighted by atomic mass is 16.6. The Morgan fingerprint density at radius 2 is 2.10 bits per heavy atom. The number of fused-ring (bicyclic) bond motifs is 2. The highest BCUT2D eigenvalue weighted by Crippen LogP contribution is 2.71. The van der Waals surface area contributed by atoms with Crippen LogP contribution in [0.3, 0.4) is 0 Å². The van der Waals surface area contributed by atoms with E-state index in [-0.39, 0.29) is 12.7 Å². The molecule has 0 aromatic heterocycles. The standard InChI is InChI=1S/C15H22O5/c1-8-3-4-14(6-16)9(5-8)20-12-10(17)11(18)13(14,2)15(12)7-19-15/h5,9-12,16-18H,3-4,6-7H2,1-2H3/t9?,10-,11-,12-,13+,14-,15+/m1/s1. The van der Waals surface area contributed by atoms with Crippen molar-refractivity contribution in [2.75, 3.05) is 13.2 Å². The SMILES string of the molecule is CC1=CC2O[C@@H]3[C@H](O)[C@@H](O)[C@@](C)([C@@]2(CO)CC1)[C@]31CO1. The molecule has 1 saturated carbocycles. The normalized spacial score (nSPS) is 60.4. The average molecular weight is 282 g/mol. The first-order valence-corrected chi connectivity index (χ1v) is 7.37. The summed E-state index contributed by atoms with van der Waals surface area (Å²) >= 11 is 0. The van der Waals surface area contributed by atoms with E-state index in [4.69, 9.17) is 9.47 Å². The molecule has 5 heteroatoms. The molecule has 4 rings (SSSR count). The van der Waals surface area contributed by atoms with Gasteiger partial charge in [-0.3, -0.25) is 0 Å². The summed E-state index contributed by atoms with van der Waals surface area (Å²) in [6, 6.07) is 0. The molecule has 0 aromatic carbocycles. The first kappa shape index (κ1) is 13.2. The molecule has 2 aliphatic heterocycles. The van der Waals surface area contributed by atoms with Crippen molar-refractivity contribution >= 4 is 0 Å². The number of aliphatic hydroxyl groups is 3. The van der Waals surface area contributed by atoms with Crippen LogP contribution in [0.25, 0.3) is 0 Å². The van der Waals surface area contributed by atoms with Crippen LogP contribution in [0.4, 0.5) is 0 Å². The van der Waals surface area contributed by atoms with Crippen molar-refractivity contribution in [3.63, 3.8) is 0 Å². The second-order valence-corrected chi connectivity index (χ2v) is 7.12. The van der Waals surface area contributed by atoms with Gasteiger partial charge in [0.2, 0.25) is 0 Å². The molecule has 20 heavy (non-hydrogen) atoms. The minimum absolute atomic E-state index is 0.0699. The van der Waals surface area contributed by atoms with E-state index in [0.717, 1.165) is 12.8 Å². The number of epoxide rings is 1. The molecule has 2 bridgehead atoms. The lowest BCUT2D eigenvalue weighted by Gasteiger charge is -2.57. The Balaban J connectivity index is 1.91. The van der Waals surface area contributed by atoms with Crippen molar-refractivity contribution in [3.8, 4) is 0 Å². The third-order valence-corrected chi connectivity index (χ3v) is 6.57. The average Bonchev–Trinajstić information content (AvgIpc) is 3.21. The van der Waals surface area contributed by atoms with Gasteiger partial charge in [-0.05, 0) is 19.8 Å². The topological polar surface area (TPSA) is 82.5 Å². The monoisotopic (exact) mass is 282 g/mol. The second kappa shape index (κ2) is 3.65. The van der Waals surface area contributed by atoms with E-state index in [1.54, 1.807) is 0 Å². The molecule has 112 valence electrons. The van der Waals surface area contributed by atoms with Crippen LogP contribution < -0.4 is 0 Å². The van der Waals surface area contributed by atoms with Gasteiger partial charge < -0.3 is 24.8 Å². The van der Waals surface area contributed by atoms with Crippen LogP contribution >= 0.6 is 0 Å². The molecule has 5 nitrogen and oxygen atoms in total. The van der Waals surface area contributed by atoms with Crippen LogP contribution in [0.1, 0.15) is 26.7 Å². The maximum atomic E-state index is 10.7. The summed E-state index contributed by atoms with van der Waals surface area (Å²) in [6.45, 7) is 4.42. The smallest absolute Gasteiger partial charge is 0.129 e. The summed E-state index contributed by atoms with van der Waals surface area (Å²) in [7, 11) is 0. The minimum Gasteiger partial charge on any atom is -0.396 e. The van der Waals surface area contributed by atoms with Gasteiger partial charge in [-0.25, -0.2) is 0 Å². The van der Waals surface area contributed by atoms with Gasteiger partial charge in [0, 0.05) is 10.8 Å². The number of hydrogen-bond donors (Lipinski definition) is 3. The zero-order chi connectivity index (χ0) is 14.3. The van der Waals surface area contributed by atoms with Gasteiger partial charge in [-0.1, -0.05) is 18.6 Å². The Hall–Kier alpha value is -0.460. The molecule has 2 saturated heterocycles. The van der Waals surface area contributed by atoms with Crippen LogP contribution in [0.2, 0.25) is 0 Å². The maximum absolute atomic E-state index is 10.7. The molecule has 0 aromatic rings. The Kier molecular flexibility index (Phi) is 2.41. The summed E-state index contributed by atoms with van der Waals surface area (Å²) in [4.78, 5) is 0. The van der Waals surface area contributed by atoms with Crippen LogP contribution in [0.5, 0.6) is 0 Å². The third kappa shape index (κ3) is 1.12. The van der Waals surface area contributed by atoms with Gasteiger partial charge >= 0.3 is 0 Å². The molecule has 1 unspecified atom stereocenters. The number of rotatable bonds is 1. The van der Waals surface area contributed by atoms with Gasteiger partial charge in [0.15, 0.2) is 0 Å². The van der Waals surface area contributed by atoms with Gasteiger partial charge in [0.25, 0.3) is 0 Å². The number of aliphatic hydroxyl groups excluding tert-OH is 3. The minimum atomic E-state index is -0.953. The number of ether oxygens (including phenoxy) is 2. The predicted octanol–water partition coefficient (Wildman–Crippen LogP) is -0.0167. The summed E-state index contributed by atoms with van der Waals surface area (Å²) in [5.41, 5.74) is -0.668. The molecule has 3 fully saturated rings. The van der Waals surface area contributed by atoms with E-state index in [9.17, 15) is 15.3 Å². The van der Waals surface area contributed by atoms with Crippen molar-refractivity contribution in [2.45, 2.75) is 56.7 Å². The summed E-state index contributed by atoms with van der Waals surface area (Å²) in [5, 5.41) is 31.2. The predicted molar refractivity (Wildman–Crippen MR) is 70.0 cm³/mol. The van der Waals surface area contributed by atoms with E-state index >= 15 is 0 Å². The molecule has 3 N–H and O–H groups in total. The van der Waals surface area contributed by atoms with Crippen LogP contribution in [-0.2, 0) is 9.47 Å². The summed E-state index contributed by atoms with van der Waals surface area (Å²) < 4.78 is 11.8. The molecular weight excluding hydrogens is 260 g/mol. The fraction of sp³-hybridized carbons (Fsp3) is 0.867. The van der Waals surface area contributed by atoms with Gasteiger partial charge in [0.05, 0.1) is 25.4 Å². The highest BCUT2D eigenvalue weighted by molar-refractivity contribution is 5.34. The second-order valence-electron chi connectivity index (χ2n) is 7.12. The van der Waals surface area contributed by atoms with Crippen molar-refractivity contribution in [3.05, 3.63) is 11.6 Å². The van der Waals surface area contributed by atoms with Gasteiger partial charge in [-0.2, -0.15) is 0 Å². The first-order chi connectivity index (χ1) is 9.43. The molecule has 0 amide bonds. The van der Waals surface area contributed by atoms with E-state index in [2.05, 4.69) is 6.92 Å². The molecule has 2 aliphatic carbocycles. The molecule has 4 aliphatic rings. The molecular formula is C15H22O5. The third-order valence-electron chi connectivity index (χ3n) is 6.57. The Morgan fingerprint density at radius 3 is 2.70 bits per heavy atom. The lowest BCUT2D eigenvalue weighted by atomic mass is 9.51. The Morgan fingerprint density at radius 1 is 1.40 bits per heavy atom. The van der Waals surface area contributed by atoms with Crippen LogP contribution in [0, 0.1) is 10.8 Å². The van der Waals surface area contributed by atoms with Crippen molar-refractivity contribution < 1.29 is 24.8 Å². The molecule has 7 atom stereocenters. The zero-order valence-corrected chi connectivity index (χ0v) is 11.9. The lowest BCUT2D eigenvalue weighted by molar-refractivity contribution is -0.226. The molecule has 1 spiro atoms.